The normalized spacial score (nSPS) is 21.2. The molecule has 0 spiro atoms. The van der Waals surface area contributed by atoms with Gasteiger partial charge in [0.2, 0.25) is 0 Å². The molecule has 3 aliphatic rings. The van der Waals surface area contributed by atoms with Gasteiger partial charge in [-0.1, -0.05) is 12.6 Å². The minimum absolute atomic E-state index is 0.121. The number of carbonyl (C=O) groups excluding carboxylic acids is 1. The zero-order chi connectivity index (χ0) is 25.5. The summed E-state index contributed by atoms with van der Waals surface area (Å²) in [6, 6.07) is 8.69. The number of carbonyl (C=O) groups is 1. The molecule has 1 unspecified atom stereocenters. The van der Waals surface area contributed by atoms with E-state index >= 15 is 0 Å². The second-order valence-electron chi connectivity index (χ2n) is 10.6. The molecule has 8 heteroatoms. The Kier molecular flexibility index (Phi) is 6.34. The Labute approximate surface area is 217 Å². The molecule has 6 rings (SSSR count). The van der Waals surface area contributed by atoms with Crippen molar-refractivity contribution in [1.82, 2.24) is 24.8 Å². The fourth-order valence-electron chi connectivity index (χ4n) is 5.75. The number of allylic oxidation sites excluding steroid dienone is 1. The van der Waals surface area contributed by atoms with E-state index in [-0.39, 0.29) is 17.8 Å². The third-order valence-electron chi connectivity index (χ3n) is 8.01. The number of halogens is 1. The predicted octanol–water partition coefficient (Wildman–Crippen LogP) is 4.99. The number of aryl methyl sites for hydroxylation is 1. The van der Waals surface area contributed by atoms with E-state index in [0.29, 0.717) is 30.9 Å². The van der Waals surface area contributed by atoms with Gasteiger partial charge in [0.1, 0.15) is 11.6 Å². The van der Waals surface area contributed by atoms with Gasteiger partial charge in [0.25, 0.3) is 5.91 Å². The van der Waals surface area contributed by atoms with Crippen molar-refractivity contribution < 1.29 is 9.18 Å². The summed E-state index contributed by atoms with van der Waals surface area (Å²) < 4.78 is 16.3. The number of aromatic nitrogens is 3. The number of hydrogen-bond donors (Lipinski definition) is 1. The summed E-state index contributed by atoms with van der Waals surface area (Å²) in [5, 5.41) is 8.52. The van der Waals surface area contributed by atoms with E-state index in [1.54, 1.807) is 6.07 Å². The number of nitrogens with one attached hydrogen (secondary N) is 1. The molecule has 1 saturated carbocycles. The highest BCUT2D eigenvalue weighted by molar-refractivity contribution is 5.96. The molecular formula is C29H35FN6O. The lowest BCUT2D eigenvalue weighted by molar-refractivity contribution is 0.0604. The number of rotatable bonds is 2. The maximum Gasteiger partial charge on any atom is 0.254 e. The summed E-state index contributed by atoms with van der Waals surface area (Å²) in [4.78, 5) is 23.2. The van der Waals surface area contributed by atoms with Gasteiger partial charge in [0, 0.05) is 61.2 Å². The van der Waals surface area contributed by atoms with Gasteiger partial charge in [0.05, 0.1) is 11.7 Å². The summed E-state index contributed by atoms with van der Waals surface area (Å²) in [7, 11) is 0. The van der Waals surface area contributed by atoms with E-state index in [4.69, 9.17) is 10.1 Å². The highest BCUT2D eigenvalue weighted by Crippen LogP contribution is 2.41. The van der Waals surface area contributed by atoms with Crippen molar-refractivity contribution in [2.45, 2.75) is 63.8 Å². The van der Waals surface area contributed by atoms with Gasteiger partial charge in [-0.15, -0.1) is 0 Å². The summed E-state index contributed by atoms with van der Waals surface area (Å²) in [6.45, 7) is 9.41. The fourth-order valence-corrected chi connectivity index (χ4v) is 5.75. The van der Waals surface area contributed by atoms with E-state index in [0.717, 1.165) is 73.0 Å². The SMILES string of the molecule is C=C1CCc2ccc(F)cc2C(=O)N2CCCCC2c2cc3nc(C4CC4)cc(n3n2)N(CC)CCN1. The number of amides is 1. The fraction of sp³-hybridized carbons (Fsp3) is 0.483. The average Bonchev–Trinajstić information content (AvgIpc) is 3.67. The molecule has 37 heavy (non-hydrogen) atoms. The van der Waals surface area contributed by atoms with Crippen LogP contribution in [0.5, 0.6) is 0 Å². The summed E-state index contributed by atoms with van der Waals surface area (Å²) >= 11 is 0. The van der Waals surface area contributed by atoms with Gasteiger partial charge in [0.15, 0.2) is 5.65 Å². The summed E-state index contributed by atoms with van der Waals surface area (Å²) in [5.41, 5.74) is 5.04. The van der Waals surface area contributed by atoms with Crippen molar-refractivity contribution >= 4 is 17.4 Å². The number of fused-ring (bicyclic) bond motifs is 4. The third-order valence-corrected chi connectivity index (χ3v) is 8.01. The molecule has 194 valence electrons. The minimum Gasteiger partial charge on any atom is -0.387 e. The van der Waals surface area contributed by atoms with Crippen LogP contribution in [0, 0.1) is 5.82 Å². The Balaban J connectivity index is 1.48. The Morgan fingerprint density at radius 1 is 1.08 bits per heavy atom. The first-order valence-corrected chi connectivity index (χ1v) is 13.7. The average molecular weight is 503 g/mol. The van der Waals surface area contributed by atoms with Crippen LogP contribution in [0.2, 0.25) is 0 Å². The molecule has 2 aromatic heterocycles. The third kappa shape index (κ3) is 4.69. The van der Waals surface area contributed by atoms with Crippen LogP contribution in [0.25, 0.3) is 5.65 Å². The van der Waals surface area contributed by atoms with E-state index in [1.807, 2.05) is 9.42 Å². The maximum absolute atomic E-state index is 14.4. The first kappa shape index (κ1) is 23.9. The van der Waals surface area contributed by atoms with E-state index in [9.17, 15) is 9.18 Å². The number of hydrogen-bond acceptors (Lipinski definition) is 5. The van der Waals surface area contributed by atoms with Crippen molar-refractivity contribution in [2.75, 3.05) is 31.1 Å². The van der Waals surface area contributed by atoms with Crippen molar-refractivity contribution in [1.29, 1.82) is 0 Å². The lowest BCUT2D eigenvalue weighted by Crippen LogP contribution is -2.39. The molecule has 4 heterocycles. The van der Waals surface area contributed by atoms with E-state index < -0.39 is 0 Å². The lowest BCUT2D eigenvalue weighted by Gasteiger charge is -2.35. The molecular weight excluding hydrogens is 467 g/mol. The van der Waals surface area contributed by atoms with Crippen LogP contribution in [0.15, 0.2) is 42.6 Å². The number of likely N-dealkylation sites (N-methyl/N-ethyl adjacent to an activating group) is 1. The number of piperidine rings is 1. The smallest absolute Gasteiger partial charge is 0.254 e. The monoisotopic (exact) mass is 502 g/mol. The summed E-state index contributed by atoms with van der Waals surface area (Å²) in [5.74, 6) is 1.05. The Bertz CT molecular complexity index is 1350. The molecule has 7 nitrogen and oxygen atoms in total. The van der Waals surface area contributed by atoms with E-state index in [1.165, 1.54) is 25.0 Å². The second-order valence-corrected chi connectivity index (χ2v) is 10.6. The standard InChI is InChI=1S/C29H35FN6O/c1-3-34-15-13-31-19(2)7-8-20-11-12-22(30)16-23(20)29(37)35-14-5-4-6-26(35)25-17-27-32-24(21-9-10-21)18-28(34)36(27)33-25/h11-12,16-18,21,26,31H,2-10,13-15H2,1H3. The molecule has 1 aliphatic carbocycles. The Hall–Kier alpha value is -3.42. The molecule has 1 saturated heterocycles. The highest BCUT2D eigenvalue weighted by Gasteiger charge is 2.33. The van der Waals surface area contributed by atoms with Gasteiger partial charge in [-0.3, -0.25) is 4.79 Å². The van der Waals surface area contributed by atoms with Crippen molar-refractivity contribution in [3.63, 3.8) is 0 Å². The van der Waals surface area contributed by atoms with E-state index in [2.05, 4.69) is 35.9 Å². The first-order chi connectivity index (χ1) is 18.0. The second kappa shape index (κ2) is 9.80. The Morgan fingerprint density at radius 3 is 2.76 bits per heavy atom. The zero-order valence-electron chi connectivity index (χ0n) is 21.5. The highest BCUT2D eigenvalue weighted by atomic mass is 19.1. The largest absolute Gasteiger partial charge is 0.387 e. The van der Waals surface area contributed by atoms with Crippen LogP contribution >= 0.6 is 0 Å². The zero-order valence-corrected chi connectivity index (χ0v) is 21.5. The number of benzene rings is 1. The van der Waals surface area contributed by atoms with Crippen LogP contribution in [0.1, 0.15) is 84.7 Å². The number of nitrogens with zero attached hydrogens (tertiary/aromatic N) is 5. The lowest BCUT2D eigenvalue weighted by atomic mass is 9.95. The first-order valence-electron chi connectivity index (χ1n) is 13.7. The topological polar surface area (TPSA) is 65.8 Å². The predicted molar refractivity (Wildman–Crippen MR) is 142 cm³/mol. The molecule has 1 amide bonds. The van der Waals surface area contributed by atoms with Gasteiger partial charge in [-0.05, 0) is 69.6 Å². The quantitative estimate of drug-likeness (QED) is 0.535. The molecule has 2 aliphatic heterocycles. The van der Waals surface area contributed by atoms with Crippen LogP contribution in [0.3, 0.4) is 0 Å². The Morgan fingerprint density at radius 2 is 1.95 bits per heavy atom. The molecule has 0 radical (unpaired) electrons. The molecule has 3 aromatic rings. The van der Waals surface area contributed by atoms with Gasteiger partial charge >= 0.3 is 0 Å². The van der Waals surface area contributed by atoms with Gasteiger partial charge in [-0.2, -0.15) is 9.61 Å². The van der Waals surface area contributed by atoms with Crippen LogP contribution in [-0.4, -0.2) is 51.6 Å². The molecule has 1 aromatic carbocycles. The molecule has 2 fully saturated rings. The molecule has 1 N–H and O–H groups in total. The molecule has 1 atom stereocenters. The van der Waals surface area contributed by atoms with Crippen molar-refractivity contribution in [2.24, 2.45) is 0 Å². The van der Waals surface area contributed by atoms with Gasteiger partial charge in [-0.25, -0.2) is 9.37 Å². The number of anilines is 1. The van der Waals surface area contributed by atoms with Crippen LogP contribution in [-0.2, 0) is 6.42 Å². The molecule has 2 bridgehead atoms. The van der Waals surface area contributed by atoms with Crippen molar-refractivity contribution in [3.8, 4) is 0 Å². The van der Waals surface area contributed by atoms with Crippen LogP contribution < -0.4 is 10.2 Å². The summed E-state index contributed by atoms with van der Waals surface area (Å²) in [6.07, 6.45) is 6.47. The maximum atomic E-state index is 14.4. The van der Waals surface area contributed by atoms with Crippen molar-refractivity contribution in [3.05, 3.63) is 70.9 Å². The van der Waals surface area contributed by atoms with Crippen LogP contribution in [0.4, 0.5) is 10.2 Å². The minimum atomic E-state index is -0.388. The van der Waals surface area contributed by atoms with Gasteiger partial charge < -0.3 is 15.1 Å².